The van der Waals surface area contributed by atoms with Crippen LogP contribution in [0.25, 0.3) is 0 Å². The molecule has 1 aliphatic carbocycles. The van der Waals surface area contributed by atoms with Gasteiger partial charge in [0.15, 0.2) is 5.13 Å². The van der Waals surface area contributed by atoms with E-state index in [1.54, 1.807) is 0 Å². The molecule has 0 unspecified atom stereocenters. The molecule has 3 rings (SSSR count). The molecule has 0 atom stereocenters. The lowest BCUT2D eigenvalue weighted by atomic mass is 9.77. The first kappa shape index (κ1) is 14.3. The number of hydrogen-bond donors (Lipinski definition) is 1. The van der Waals surface area contributed by atoms with Crippen molar-refractivity contribution in [2.24, 2.45) is 5.41 Å². The summed E-state index contributed by atoms with van der Waals surface area (Å²) < 4.78 is 0. The van der Waals surface area contributed by atoms with E-state index in [4.69, 9.17) is 4.98 Å². The van der Waals surface area contributed by atoms with Crippen LogP contribution in [0, 0.1) is 5.41 Å². The van der Waals surface area contributed by atoms with Crippen LogP contribution < -0.4 is 10.2 Å². The van der Waals surface area contributed by atoms with E-state index < -0.39 is 0 Å². The first-order valence-corrected chi connectivity index (χ1v) is 9.09. The lowest BCUT2D eigenvalue weighted by Gasteiger charge is -2.39. The van der Waals surface area contributed by atoms with Crippen molar-refractivity contribution in [3.8, 4) is 0 Å². The maximum atomic E-state index is 4.80. The van der Waals surface area contributed by atoms with Crippen molar-refractivity contribution in [1.29, 1.82) is 0 Å². The van der Waals surface area contributed by atoms with Crippen molar-refractivity contribution in [2.45, 2.75) is 58.4 Å². The van der Waals surface area contributed by atoms with Gasteiger partial charge in [0.05, 0.1) is 5.69 Å². The Morgan fingerprint density at radius 2 is 2.00 bits per heavy atom. The number of hydrogen-bond acceptors (Lipinski definition) is 4. The van der Waals surface area contributed by atoms with Gasteiger partial charge in [0.25, 0.3) is 0 Å². The first-order valence-electron chi connectivity index (χ1n) is 8.21. The normalized spacial score (nSPS) is 21.8. The predicted molar refractivity (Wildman–Crippen MR) is 86.5 cm³/mol. The van der Waals surface area contributed by atoms with E-state index in [2.05, 4.69) is 22.5 Å². The molecular formula is C16H27N3S. The largest absolute Gasteiger partial charge is 0.348 e. The molecule has 2 fully saturated rings. The summed E-state index contributed by atoms with van der Waals surface area (Å²) in [5, 5.41) is 6.89. The Hall–Kier alpha value is -0.610. The Kier molecular flexibility index (Phi) is 4.61. The summed E-state index contributed by atoms with van der Waals surface area (Å²) in [6.07, 6.45) is 9.84. The van der Waals surface area contributed by atoms with Crippen molar-refractivity contribution in [2.75, 3.05) is 24.5 Å². The zero-order valence-electron chi connectivity index (χ0n) is 12.7. The standard InChI is InChI=1S/C16H27N3S/c1-2-9-17-12-14-13-20-15(18-14)19-10-7-16(8-11-19)5-3-4-6-16/h13,17H,2-12H2,1H3. The smallest absolute Gasteiger partial charge is 0.185 e. The molecule has 1 saturated heterocycles. The van der Waals surface area contributed by atoms with Crippen LogP contribution in [-0.4, -0.2) is 24.6 Å². The minimum absolute atomic E-state index is 0.708. The van der Waals surface area contributed by atoms with Crippen LogP contribution in [0.1, 0.15) is 57.6 Å². The van der Waals surface area contributed by atoms with E-state index in [0.717, 1.165) is 13.1 Å². The van der Waals surface area contributed by atoms with Crippen LogP contribution in [0.5, 0.6) is 0 Å². The van der Waals surface area contributed by atoms with E-state index in [1.807, 2.05) is 11.3 Å². The van der Waals surface area contributed by atoms with Gasteiger partial charge in [0, 0.05) is 25.0 Å². The molecular weight excluding hydrogens is 266 g/mol. The summed E-state index contributed by atoms with van der Waals surface area (Å²) in [6, 6.07) is 0. The second-order valence-electron chi connectivity index (χ2n) is 6.49. The second-order valence-corrected chi connectivity index (χ2v) is 7.33. The average Bonchev–Trinajstić information content (AvgIpc) is 3.11. The Morgan fingerprint density at radius 1 is 1.25 bits per heavy atom. The number of anilines is 1. The topological polar surface area (TPSA) is 28.2 Å². The molecule has 2 heterocycles. The molecule has 0 aromatic carbocycles. The SMILES string of the molecule is CCCNCc1csc(N2CCC3(CCCC3)CC2)n1. The van der Waals surface area contributed by atoms with Gasteiger partial charge < -0.3 is 10.2 Å². The highest BCUT2D eigenvalue weighted by Crippen LogP contribution is 2.46. The maximum absolute atomic E-state index is 4.80. The molecule has 1 aromatic rings. The van der Waals surface area contributed by atoms with Gasteiger partial charge >= 0.3 is 0 Å². The fourth-order valence-electron chi connectivity index (χ4n) is 3.71. The van der Waals surface area contributed by atoms with Crippen LogP contribution >= 0.6 is 11.3 Å². The van der Waals surface area contributed by atoms with Gasteiger partial charge in [-0.05, 0) is 44.1 Å². The highest BCUT2D eigenvalue weighted by molar-refractivity contribution is 7.13. The average molecular weight is 293 g/mol. The fraction of sp³-hybridized carbons (Fsp3) is 0.812. The summed E-state index contributed by atoms with van der Waals surface area (Å²) in [4.78, 5) is 7.31. The molecule has 0 radical (unpaired) electrons. The molecule has 3 nitrogen and oxygen atoms in total. The minimum Gasteiger partial charge on any atom is -0.348 e. The minimum atomic E-state index is 0.708. The Morgan fingerprint density at radius 3 is 2.70 bits per heavy atom. The van der Waals surface area contributed by atoms with Crippen molar-refractivity contribution < 1.29 is 0 Å². The molecule has 112 valence electrons. The van der Waals surface area contributed by atoms with E-state index in [9.17, 15) is 0 Å². The van der Waals surface area contributed by atoms with Crippen molar-refractivity contribution in [3.63, 3.8) is 0 Å². The third-order valence-corrected chi connectivity index (χ3v) is 5.98. The van der Waals surface area contributed by atoms with Gasteiger partial charge in [-0.25, -0.2) is 4.98 Å². The third kappa shape index (κ3) is 3.17. The number of aromatic nitrogens is 1. The monoisotopic (exact) mass is 293 g/mol. The molecule has 20 heavy (non-hydrogen) atoms. The zero-order valence-corrected chi connectivity index (χ0v) is 13.5. The number of nitrogens with one attached hydrogen (secondary N) is 1. The lowest BCUT2D eigenvalue weighted by molar-refractivity contribution is 0.226. The van der Waals surface area contributed by atoms with E-state index >= 15 is 0 Å². The highest BCUT2D eigenvalue weighted by Gasteiger charge is 2.37. The number of rotatable bonds is 5. The number of thiazole rings is 1. The van der Waals surface area contributed by atoms with Crippen LogP contribution in [0.4, 0.5) is 5.13 Å². The fourth-order valence-corrected chi connectivity index (χ4v) is 4.59. The van der Waals surface area contributed by atoms with Crippen molar-refractivity contribution >= 4 is 16.5 Å². The molecule has 1 aromatic heterocycles. The summed E-state index contributed by atoms with van der Waals surface area (Å²) in [6.45, 7) is 6.64. The third-order valence-electron chi connectivity index (χ3n) is 5.03. The Labute approximate surface area is 126 Å². The Bertz CT molecular complexity index is 413. The van der Waals surface area contributed by atoms with Crippen LogP contribution in [0.3, 0.4) is 0 Å². The van der Waals surface area contributed by atoms with Gasteiger partial charge in [-0.1, -0.05) is 19.8 Å². The molecule has 0 amide bonds. The van der Waals surface area contributed by atoms with Gasteiger partial charge in [-0.15, -0.1) is 11.3 Å². The quantitative estimate of drug-likeness (QED) is 0.837. The first-order chi connectivity index (χ1) is 9.81. The van der Waals surface area contributed by atoms with Crippen LogP contribution in [-0.2, 0) is 6.54 Å². The van der Waals surface area contributed by atoms with E-state index in [1.165, 1.54) is 68.9 Å². The van der Waals surface area contributed by atoms with Crippen molar-refractivity contribution in [3.05, 3.63) is 11.1 Å². The van der Waals surface area contributed by atoms with Gasteiger partial charge in [0.1, 0.15) is 0 Å². The molecule has 1 aliphatic heterocycles. The van der Waals surface area contributed by atoms with E-state index in [0.29, 0.717) is 5.41 Å². The second kappa shape index (κ2) is 6.44. The molecule has 1 spiro atoms. The van der Waals surface area contributed by atoms with Crippen LogP contribution in [0.15, 0.2) is 5.38 Å². The summed E-state index contributed by atoms with van der Waals surface area (Å²) in [5.41, 5.74) is 1.92. The van der Waals surface area contributed by atoms with Crippen molar-refractivity contribution in [1.82, 2.24) is 10.3 Å². The summed E-state index contributed by atoms with van der Waals surface area (Å²) in [7, 11) is 0. The van der Waals surface area contributed by atoms with Gasteiger partial charge in [-0.2, -0.15) is 0 Å². The predicted octanol–water partition coefficient (Wildman–Crippen LogP) is 3.80. The Balaban J connectivity index is 1.52. The number of nitrogens with zero attached hydrogens (tertiary/aromatic N) is 2. The summed E-state index contributed by atoms with van der Waals surface area (Å²) in [5.74, 6) is 0. The summed E-state index contributed by atoms with van der Waals surface area (Å²) >= 11 is 1.82. The number of piperidine rings is 1. The molecule has 4 heteroatoms. The van der Waals surface area contributed by atoms with Gasteiger partial charge in [0.2, 0.25) is 0 Å². The maximum Gasteiger partial charge on any atom is 0.185 e. The van der Waals surface area contributed by atoms with Crippen LogP contribution in [0.2, 0.25) is 0 Å². The highest BCUT2D eigenvalue weighted by atomic mass is 32.1. The molecule has 2 aliphatic rings. The molecule has 1 saturated carbocycles. The van der Waals surface area contributed by atoms with Gasteiger partial charge in [-0.3, -0.25) is 0 Å². The zero-order chi connectivity index (χ0) is 13.8. The van der Waals surface area contributed by atoms with E-state index in [-0.39, 0.29) is 0 Å². The lowest BCUT2D eigenvalue weighted by Crippen LogP contribution is -2.38. The molecule has 0 bridgehead atoms. The molecule has 1 N–H and O–H groups in total.